The van der Waals surface area contributed by atoms with Crippen molar-refractivity contribution in [1.29, 1.82) is 0 Å². The van der Waals surface area contributed by atoms with Crippen LogP contribution in [0.2, 0.25) is 0 Å². The average Bonchev–Trinajstić information content (AvgIpc) is 2.89. The zero-order valence-corrected chi connectivity index (χ0v) is 12.1. The maximum absolute atomic E-state index is 6.51. The highest BCUT2D eigenvalue weighted by Gasteiger charge is 2.35. The van der Waals surface area contributed by atoms with Crippen LogP contribution in [0.15, 0.2) is 29.6 Å². The van der Waals surface area contributed by atoms with Crippen molar-refractivity contribution in [2.45, 2.75) is 38.3 Å². The van der Waals surface area contributed by atoms with Gasteiger partial charge in [0.2, 0.25) is 0 Å². The topological polar surface area (TPSA) is 35.2 Å². The molecule has 2 nitrogen and oxygen atoms in total. The van der Waals surface area contributed by atoms with Crippen molar-refractivity contribution < 1.29 is 4.74 Å². The molecule has 3 heteroatoms. The van der Waals surface area contributed by atoms with Crippen molar-refractivity contribution >= 4 is 21.4 Å². The highest BCUT2D eigenvalue weighted by Crippen LogP contribution is 2.37. The number of methoxy groups -OCH3 is 1. The summed E-state index contributed by atoms with van der Waals surface area (Å²) in [4.78, 5) is 0. The lowest BCUT2D eigenvalue weighted by Crippen LogP contribution is -2.42. The summed E-state index contributed by atoms with van der Waals surface area (Å²) in [7, 11) is 1.77. The average molecular weight is 263 g/mol. The molecule has 0 saturated heterocycles. The minimum atomic E-state index is -0.266. The molecule has 0 aliphatic heterocycles. The fraction of sp³-hybridized carbons (Fsp3) is 0.467. The van der Waals surface area contributed by atoms with Gasteiger partial charge in [0.05, 0.1) is 11.6 Å². The SMILES string of the molecule is CCC(CC)(OC)C(N)c1cccc2ccsc12. The first kappa shape index (κ1) is 13.5. The first-order chi connectivity index (χ1) is 8.68. The quantitative estimate of drug-likeness (QED) is 0.881. The van der Waals surface area contributed by atoms with Gasteiger partial charge in [-0.05, 0) is 35.2 Å². The number of rotatable bonds is 5. The lowest BCUT2D eigenvalue weighted by molar-refractivity contribution is -0.0382. The summed E-state index contributed by atoms with van der Waals surface area (Å²) >= 11 is 1.75. The van der Waals surface area contributed by atoms with Crippen molar-refractivity contribution in [3.05, 3.63) is 35.2 Å². The Morgan fingerprint density at radius 1 is 1.28 bits per heavy atom. The van der Waals surface area contributed by atoms with E-state index in [0.717, 1.165) is 12.8 Å². The lowest BCUT2D eigenvalue weighted by Gasteiger charge is -2.36. The van der Waals surface area contributed by atoms with Crippen molar-refractivity contribution in [3.63, 3.8) is 0 Å². The van der Waals surface area contributed by atoms with Gasteiger partial charge in [-0.1, -0.05) is 32.0 Å². The third kappa shape index (κ3) is 2.07. The summed E-state index contributed by atoms with van der Waals surface area (Å²) in [5.41, 5.74) is 7.45. The van der Waals surface area contributed by atoms with Gasteiger partial charge >= 0.3 is 0 Å². The zero-order valence-electron chi connectivity index (χ0n) is 11.3. The number of hydrogen-bond donors (Lipinski definition) is 1. The Bertz CT molecular complexity index is 508. The Morgan fingerprint density at radius 2 is 2.00 bits per heavy atom. The molecule has 2 N–H and O–H groups in total. The summed E-state index contributed by atoms with van der Waals surface area (Å²) in [6, 6.07) is 8.40. The number of hydrogen-bond acceptors (Lipinski definition) is 3. The number of fused-ring (bicyclic) bond motifs is 1. The molecule has 0 fully saturated rings. The minimum Gasteiger partial charge on any atom is -0.376 e. The van der Waals surface area contributed by atoms with Crippen LogP contribution in [-0.2, 0) is 4.74 Å². The van der Waals surface area contributed by atoms with Gasteiger partial charge in [-0.3, -0.25) is 0 Å². The van der Waals surface area contributed by atoms with Crippen molar-refractivity contribution in [1.82, 2.24) is 0 Å². The normalized spacial score (nSPS) is 14.0. The molecule has 0 saturated carbocycles. The molecule has 1 atom stereocenters. The number of benzene rings is 1. The largest absolute Gasteiger partial charge is 0.376 e. The molecule has 0 aliphatic carbocycles. The van der Waals surface area contributed by atoms with Gasteiger partial charge in [0.15, 0.2) is 0 Å². The second-order valence-electron chi connectivity index (χ2n) is 4.64. The second-order valence-corrected chi connectivity index (χ2v) is 5.56. The highest BCUT2D eigenvalue weighted by molar-refractivity contribution is 7.17. The predicted molar refractivity (Wildman–Crippen MR) is 79.1 cm³/mol. The van der Waals surface area contributed by atoms with E-state index in [1.54, 1.807) is 18.4 Å². The molecule has 0 amide bonds. The maximum atomic E-state index is 6.51. The smallest absolute Gasteiger partial charge is 0.0865 e. The predicted octanol–water partition coefficient (Wildman–Crippen LogP) is 4.11. The van der Waals surface area contributed by atoms with E-state index >= 15 is 0 Å². The fourth-order valence-electron chi connectivity index (χ4n) is 2.65. The first-order valence-electron chi connectivity index (χ1n) is 6.45. The first-order valence-corrected chi connectivity index (χ1v) is 7.33. The van der Waals surface area contributed by atoms with Gasteiger partial charge in [0.1, 0.15) is 0 Å². The summed E-state index contributed by atoms with van der Waals surface area (Å²) in [5, 5.41) is 3.39. The molecule has 0 aliphatic rings. The summed E-state index contributed by atoms with van der Waals surface area (Å²) in [6.45, 7) is 4.28. The van der Waals surface area contributed by atoms with Crippen molar-refractivity contribution in [3.8, 4) is 0 Å². The highest BCUT2D eigenvalue weighted by atomic mass is 32.1. The third-order valence-electron chi connectivity index (χ3n) is 4.01. The van der Waals surface area contributed by atoms with E-state index in [0.29, 0.717) is 0 Å². The van der Waals surface area contributed by atoms with Crippen molar-refractivity contribution in [2.24, 2.45) is 5.73 Å². The molecule has 0 radical (unpaired) electrons. The van der Waals surface area contributed by atoms with Gasteiger partial charge in [-0.15, -0.1) is 11.3 Å². The van der Waals surface area contributed by atoms with Crippen LogP contribution in [0, 0.1) is 0 Å². The zero-order chi connectivity index (χ0) is 13.2. The summed E-state index contributed by atoms with van der Waals surface area (Å²) in [5.74, 6) is 0. The Morgan fingerprint density at radius 3 is 2.61 bits per heavy atom. The van der Waals surface area contributed by atoms with Crippen LogP contribution < -0.4 is 5.73 Å². The molecule has 1 unspecified atom stereocenters. The maximum Gasteiger partial charge on any atom is 0.0865 e. The van der Waals surface area contributed by atoms with Gasteiger partial charge in [0.25, 0.3) is 0 Å². The van der Waals surface area contributed by atoms with E-state index in [1.165, 1.54) is 15.6 Å². The van der Waals surface area contributed by atoms with Crippen LogP contribution in [0.5, 0.6) is 0 Å². The molecular formula is C15H21NOS. The van der Waals surface area contributed by atoms with Gasteiger partial charge in [0, 0.05) is 11.8 Å². The van der Waals surface area contributed by atoms with Gasteiger partial charge in [-0.2, -0.15) is 0 Å². The molecule has 2 rings (SSSR count). The molecular weight excluding hydrogens is 242 g/mol. The standard InChI is InChI=1S/C15H21NOS/c1-4-15(5-2,17-3)14(16)12-8-6-7-11-9-10-18-13(11)12/h6-10,14H,4-5,16H2,1-3H3. The fourth-order valence-corrected chi connectivity index (χ4v) is 3.60. The van der Waals surface area contributed by atoms with E-state index in [4.69, 9.17) is 10.5 Å². The van der Waals surface area contributed by atoms with Crippen LogP contribution in [-0.4, -0.2) is 12.7 Å². The van der Waals surface area contributed by atoms with E-state index in [-0.39, 0.29) is 11.6 Å². The Balaban J connectivity index is 2.50. The van der Waals surface area contributed by atoms with Gasteiger partial charge < -0.3 is 10.5 Å². The molecule has 18 heavy (non-hydrogen) atoms. The Kier molecular flexibility index (Phi) is 4.05. The van der Waals surface area contributed by atoms with Crippen LogP contribution in [0.3, 0.4) is 0 Å². The minimum absolute atomic E-state index is 0.0835. The monoisotopic (exact) mass is 263 g/mol. The Labute approximate surface area is 113 Å². The molecule has 0 bridgehead atoms. The van der Waals surface area contributed by atoms with E-state index < -0.39 is 0 Å². The molecule has 98 valence electrons. The van der Waals surface area contributed by atoms with Gasteiger partial charge in [-0.25, -0.2) is 0 Å². The van der Waals surface area contributed by atoms with Crippen LogP contribution in [0.25, 0.3) is 10.1 Å². The molecule has 2 aromatic rings. The summed E-state index contributed by atoms with van der Waals surface area (Å²) < 4.78 is 7.04. The lowest BCUT2D eigenvalue weighted by atomic mass is 9.84. The molecule has 1 aromatic heterocycles. The Hall–Kier alpha value is -0.900. The van der Waals surface area contributed by atoms with E-state index in [2.05, 4.69) is 43.5 Å². The van der Waals surface area contributed by atoms with Crippen LogP contribution in [0.1, 0.15) is 38.3 Å². The second kappa shape index (κ2) is 5.39. The molecule has 1 heterocycles. The number of nitrogens with two attached hydrogens (primary N) is 1. The third-order valence-corrected chi connectivity index (χ3v) is 4.99. The molecule has 1 aromatic carbocycles. The van der Waals surface area contributed by atoms with E-state index in [9.17, 15) is 0 Å². The van der Waals surface area contributed by atoms with Crippen LogP contribution in [0.4, 0.5) is 0 Å². The summed E-state index contributed by atoms with van der Waals surface area (Å²) in [6.07, 6.45) is 1.84. The number of thiophene rings is 1. The van der Waals surface area contributed by atoms with Crippen LogP contribution >= 0.6 is 11.3 Å². The van der Waals surface area contributed by atoms with Crippen molar-refractivity contribution in [2.75, 3.05) is 7.11 Å². The number of ether oxygens (including phenoxy) is 1. The molecule has 0 spiro atoms. The van der Waals surface area contributed by atoms with E-state index in [1.807, 2.05) is 0 Å².